The maximum Gasteiger partial charge on any atom is 0.217 e. The molecule has 4 heteroatoms. The van der Waals surface area contributed by atoms with Crippen LogP contribution in [0.5, 0.6) is 0 Å². The monoisotopic (exact) mass is 173 g/mol. The molecule has 2 N–H and O–H groups in total. The minimum absolute atomic E-state index is 0.0127. The largest absolute Gasteiger partial charge is 0.394 e. The molecule has 1 rings (SSSR count). The normalized spacial score (nSPS) is 29.8. The third kappa shape index (κ3) is 2.46. The quantitative estimate of drug-likeness (QED) is 0.600. The molecule has 1 saturated heterocycles. The summed E-state index contributed by atoms with van der Waals surface area (Å²) < 4.78 is 5.28. The second kappa shape index (κ2) is 4.42. The molecule has 0 radical (unpaired) electrons. The molecule has 0 aromatic heterocycles. The first-order chi connectivity index (χ1) is 5.74. The molecule has 2 atom stereocenters. The topological polar surface area (TPSA) is 58.6 Å². The Bertz CT molecular complexity index is 160. The molecule has 1 fully saturated rings. The van der Waals surface area contributed by atoms with Crippen molar-refractivity contribution in [3.63, 3.8) is 0 Å². The second-order valence-electron chi connectivity index (χ2n) is 3.04. The number of hydrogen-bond donors (Lipinski definition) is 2. The van der Waals surface area contributed by atoms with Crippen LogP contribution in [0.2, 0.25) is 0 Å². The predicted molar refractivity (Wildman–Crippen MR) is 43.7 cm³/mol. The Morgan fingerprint density at radius 2 is 2.50 bits per heavy atom. The van der Waals surface area contributed by atoms with Crippen LogP contribution in [-0.4, -0.2) is 36.4 Å². The Kier molecular flexibility index (Phi) is 3.49. The van der Waals surface area contributed by atoms with Gasteiger partial charge in [0, 0.05) is 13.5 Å². The molecule has 0 aliphatic carbocycles. The van der Waals surface area contributed by atoms with Crippen molar-refractivity contribution in [2.45, 2.75) is 31.9 Å². The van der Waals surface area contributed by atoms with E-state index in [0.29, 0.717) is 6.61 Å². The third-order valence-corrected chi connectivity index (χ3v) is 2.01. The number of carbonyl (C=O) groups is 1. The lowest BCUT2D eigenvalue weighted by Crippen LogP contribution is -2.48. The summed E-state index contributed by atoms with van der Waals surface area (Å²) in [6, 6.07) is -0.0127. The molecule has 0 bridgehead atoms. The highest BCUT2D eigenvalue weighted by Crippen LogP contribution is 2.13. The van der Waals surface area contributed by atoms with Crippen LogP contribution in [0.15, 0.2) is 0 Å². The molecule has 1 aliphatic rings. The van der Waals surface area contributed by atoms with Gasteiger partial charge in [-0.3, -0.25) is 4.79 Å². The fraction of sp³-hybridized carbons (Fsp3) is 0.875. The average molecular weight is 173 g/mol. The smallest absolute Gasteiger partial charge is 0.217 e. The maximum absolute atomic E-state index is 10.7. The van der Waals surface area contributed by atoms with Crippen molar-refractivity contribution in [1.82, 2.24) is 5.32 Å². The van der Waals surface area contributed by atoms with E-state index in [1.54, 1.807) is 0 Å². The summed E-state index contributed by atoms with van der Waals surface area (Å²) >= 11 is 0. The number of ether oxygens (including phenoxy) is 1. The molecule has 4 nitrogen and oxygen atoms in total. The van der Waals surface area contributed by atoms with E-state index in [9.17, 15) is 4.79 Å². The zero-order valence-electron chi connectivity index (χ0n) is 7.25. The molecular weight excluding hydrogens is 158 g/mol. The first-order valence-corrected chi connectivity index (χ1v) is 4.23. The summed E-state index contributed by atoms with van der Waals surface area (Å²) in [6.07, 6.45) is 1.62. The first-order valence-electron chi connectivity index (χ1n) is 4.23. The molecule has 12 heavy (non-hydrogen) atoms. The number of aliphatic hydroxyl groups excluding tert-OH is 1. The van der Waals surface area contributed by atoms with Crippen LogP contribution in [0.4, 0.5) is 0 Å². The molecule has 70 valence electrons. The van der Waals surface area contributed by atoms with Crippen LogP contribution in [0.1, 0.15) is 19.8 Å². The Morgan fingerprint density at radius 1 is 1.75 bits per heavy atom. The fourth-order valence-corrected chi connectivity index (χ4v) is 1.45. The third-order valence-electron chi connectivity index (χ3n) is 2.01. The zero-order valence-corrected chi connectivity index (χ0v) is 7.25. The van der Waals surface area contributed by atoms with Gasteiger partial charge in [-0.05, 0) is 12.8 Å². The van der Waals surface area contributed by atoms with Gasteiger partial charge in [0.1, 0.15) is 6.10 Å². The van der Waals surface area contributed by atoms with Crippen molar-refractivity contribution in [2.24, 2.45) is 0 Å². The van der Waals surface area contributed by atoms with Crippen molar-refractivity contribution in [3.05, 3.63) is 0 Å². The van der Waals surface area contributed by atoms with E-state index in [1.807, 2.05) is 0 Å². The van der Waals surface area contributed by atoms with Crippen LogP contribution in [0.25, 0.3) is 0 Å². The molecule has 2 unspecified atom stereocenters. The van der Waals surface area contributed by atoms with Gasteiger partial charge in [-0.1, -0.05) is 0 Å². The van der Waals surface area contributed by atoms with E-state index < -0.39 is 0 Å². The van der Waals surface area contributed by atoms with Gasteiger partial charge in [0.2, 0.25) is 5.91 Å². The zero-order chi connectivity index (χ0) is 8.97. The lowest BCUT2D eigenvalue weighted by atomic mass is 10.0. The Morgan fingerprint density at radius 3 is 3.08 bits per heavy atom. The van der Waals surface area contributed by atoms with Crippen molar-refractivity contribution in [3.8, 4) is 0 Å². The molecular formula is C8H15NO3. The molecule has 0 aromatic carbocycles. The highest BCUT2D eigenvalue weighted by molar-refractivity contribution is 5.73. The second-order valence-corrected chi connectivity index (χ2v) is 3.04. The lowest BCUT2D eigenvalue weighted by molar-refractivity contribution is -0.122. The lowest BCUT2D eigenvalue weighted by Gasteiger charge is -2.30. The van der Waals surface area contributed by atoms with Crippen molar-refractivity contribution in [2.75, 3.05) is 13.2 Å². The number of carbonyl (C=O) groups excluding carboxylic acids is 1. The number of amides is 1. The fourth-order valence-electron chi connectivity index (χ4n) is 1.45. The summed E-state index contributed by atoms with van der Waals surface area (Å²) in [6.45, 7) is 2.13. The van der Waals surface area contributed by atoms with Gasteiger partial charge in [0.05, 0.1) is 12.6 Å². The molecule has 0 saturated carbocycles. The molecule has 0 aromatic rings. The van der Waals surface area contributed by atoms with E-state index in [-0.39, 0.29) is 24.7 Å². The van der Waals surface area contributed by atoms with Crippen molar-refractivity contribution in [1.29, 1.82) is 0 Å². The minimum atomic E-state index is -0.220. The number of hydrogen-bond acceptors (Lipinski definition) is 3. The van der Waals surface area contributed by atoms with Crippen LogP contribution in [-0.2, 0) is 9.53 Å². The summed E-state index contributed by atoms with van der Waals surface area (Å²) in [5.41, 5.74) is 0. The van der Waals surface area contributed by atoms with Crippen LogP contribution < -0.4 is 5.32 Å². The van der Waals surface area contributed by atoms with Gasteiger partial charge in [0.25, 0.3) is 0 Å². The van der Waals surface area contributed by atoms with Gasteiger partial charge >= 0.3 is 0 Å². The Balaban J connectivity index is 2.41. The molecule has 0 spiro atoms. The van der Waals surface area contributed by atoms with Gasteiger partial charge in [-0.25, -0.2) is 0 Å². The predicted octanol–water partition coefficient (Wildman–Crippen LogP) is -0.338. The molecule has 1 heterocycles. The summed E-state index contributed by atoms with van der Waals surface area (Å²) in [5.74, 6) is -0.0658. The first kappa shape index (κ1) is 9.48. The van der Waals surface area contributed by atoms with Gasteiger partial charge < -0.3 is 15.2 Å². The van der Waals surface area contributed by atoms with Gasteiger partial charge in [-0.2, -0.15) is 0 Å². The average Bonchev–Trinajstić information content (AvgIpc) is 2.04. The van der Waals surface area contributed by atoms with E-state index in [1.165, 1.54) is 6.92 Å². The van der Waals surface area contributed by atoms with E-state index in [0.717, 1.165) is 12.8 Å². The van der Waals surface area contributed by atoms with Crippen molar-refractivity contribution < 1.29 is 14.6 Å². The molecule has 1 amide bonds. The van der Waals surface area contributed by atoms with Crippen molar-refractivity contribution >= 4 is 5.91 Å². The summed E-state index contributed by atoms with van der Waals surface area (Å²) in [5, 5.41) is 11.7. The van der Waals surface area contributed by atoms with Gasteiger partial charge in [0.15, 0.2) is 0 Å². The van der Waals surface area contributed by atoms with Crippen LogP contribution >= 0.6 is 0 Å². The maximum atomic E-state index is 10.7. The summed E-state index contributed by atoms with van der Waals surface area (Å²) in [7, 11) is 0. The number of nitrogens with one attached hydrogen (secondary N) is 1. The summed E-state index contributed by atoms with van der Waals surface area (Å²) in [4.78, 5) is 10.7. The van der Waals surface area contributed by atoms with Crippen LogP contribution in [0.3, 0.4) is 0 Å². The Hall–Kier alpha value is -0.610. The highest BCUT2D eigenvalue weighted by atomic mass is 16.5. The van der Waals surface area contributed by atoms with Gasteiger partial charge in [-0.15, -0.1) is 0 Å². The minimum Gasteiger partial charge on any atom is -0.394 e. The van der Waals surface area contributed by atoms with E-state index in [2.05, 4.69) is 5.32 Å². The number of aliphatic hydroxyl groups is 1. The van der Waals surface area contributed by atoms with Crippen LogP contribution in [0, 0.1) is 0 Å². The van der Waals surface area contributed by atoms with E-state index in [4.69, 9.17) is 9.84 Å². The van der Waals surface area contributed by atoms with E-state index >= 15 is 0 Å². The Labute approximate surface area is 71.9 Å². The standard InChI is InChI=1S/C8H15NO3/c1-6(11)9-7-3-2-4-12-8(7)5-10/h7-8,10H,2-5H2,1H3,(H,9,11). The molecule has 1 aliphatic heterocycles. The number of rotatable bonds is 2. The highest BCUT2D eigenvalue weighted by Gasteiger charge is 2.25. The SMILES string of the molecule is CC(=O)NC1CCCOC1CO.